The van der Waals surface area contributed by atoms with Crippen molar-refractivity contribution in [1.82, 2.24) is 10.3 Å². The summed E-state index contributed by atoms with van der Waals surface area (Å²) in [6, 6.07) is -0.117. The zero-order valence-electron chi connectivity index (χ0n) is 16.1. The third-order valence-corrected chi connectivity index (χ3v) is 4.68. The molecule has 1 aromatic rings. The molecule has 3 rings (SSSR count). The van der Waals surface area contributed by atoms with E-state index in [0.717, 1.165) is 43.6 Å². The predicted octanol–water partition coefficient (Wildman–Crippen LogP) is 2.84. The summed E-state index contributed by atoms with van der Waals surface area (Å²) in [6.45, 7) is 7.50. The van der Waals surface area contributed by atoms with E-state index < -0.39 is 11.7 Å². The number of alkyl carbamates (subject to hydrolysis) is 1. The minimum absolute atomic E-state index is 0.0235. The number of nitrogens with one attached hydrogen (secondary N) is 2. The fourth-order valence-corrected chi connectivity index (χ4v) is 3.65. The highest BCUT2D eigenvalue weighted by Gasteiger charge is 2.32. The van der Waals surface area contributed by atoms with Gasteiger partial charge in [-0.15, -0.1) is 0 Å². The smallest absolute Gasteiger partial charge is 0.407 e. The van der Waals surface area contributed by atoms with E-state index in [4.69, 9.17) is 4.74 Å². The number of rotatable bonds is 3. The summed E-state index contributed by atoms with van der Waals surface area (Å²) < 4.78 is 5.34. The van der Waals surface area contributed by atoms with Crippen LogP contribution in [0.1, 0.15) is 45.6 Å². The lowest BCUT2D eigenvalue weighted by molar-refractivity contribution is -0.384. The van der Waals surface area contributed by atoms with Gasteiger partial charge in [0.2, 0.25) is 0 Å². The van der Waals surface area contributed by atoms with Crippen molar-refractivity contribution >= 4 is 23.3 Å². The number of carbonyl (C=O) groups is 1. The average molecular weight is 377 g/mol. The lowest BCUT2D eigenvalue weighted by atomic mass is 9.99. The maximum absolute atomic E-state index is 12.1. The van der Waals surface area contributed by atoms with Crippen LogP contribution in [0.5, 0.6) is 0 Å². The molecule has 0 spiro atoms. The number of aromatic nitrogens is 1. The average Bonchev–Trinajstić information content (AvgIpc) is 2.59. The van der Waals surface area contributed by atoms with Gasteiger partial charge in [0.1, 0.15) is 23.3 Å². The number of piperidine rings is 1. The monoisotopic (exact) mass is 377 g/mol. The summed E-state index contributed by atoms with van der Waals surface area (Å²) in [5.41, 5.74) is 0.990. The zero-order valence-corrected chi connectivity index (χ0v) is 16.1. The minimum Gasteiger partial charge on any atom is -0.444 e. The van der Waals surface area contributed by atoms with Gasteiger partial charge < -0.3 is 20.3 Å². The Labute approximate surface area is 158 Å². The number of pyridine rings is 1. The van der Waals surface area contributed by atoms with Crippen molar-refractivity contribution in [3.8, 4) is 0 Å². The molecule has 27 heavy (non-hydrogen) atoms. The summed E-state index contributed by atoms with van der Waals surface area (Å²) in [4.78, 5) is 29.6. The van der Waals surface area contributed by atoms with Gasteiger partial charge in [0.05, 0.1) is 4.92 Å². The highest BCUT2D eigenvalue weighted by molar-refractivity contribution is 5.74. The zero-order chi connectivity index (χ0) is 19.6. The number of fused-ring (bicyclic) bond motifs is 1. The molecule has 1 aromatic heterocycles. The molecule has 148 valence electrons. The van der Waals surface area contributed by atoms with Crippen LogP contribution in [0.4, 0.5) is 22.0 Å². The molecule has 1 atom stereocenters. The van der Waals surface area contributed by atoms with E-state index in [-0.39, 0.29) is 16.7 Å². The second-order valence-corrected chi connectivity index (χ2v) is 8.04. The molecule has 1 fully saturated rings. The highest BCUT2D eigenvalue weighted by atomic mass is 16.6. The molecule has 2 aliphatic rings. The van der Waals surface area contributed by atoms with Gasteiger partial charge in [-0.1, -0.05) is 0 Å². The van der Waals surface area contributed by atoms with E-state index in [0.29, 0.717) is 18.8 Å². The van der Waals surface area contributed by atoms with E-state index in [1.54, 1.807) is 0 Å². The first-order valence-corrected chi connectivity index (χ1v) is 9.39. The Balaban J connectivity index is 1.81. The van der Waals surface area contributed by atoms with Crippen molar-refractivity contribution in [2.24, 2.45) is 0 Å². The molecule has 9 heteroatoms. The van der Waals surface area contributed by atoms with Crippen LogP contribution in [-0.2, 0) is 11.2 Å². The van der Waals surface area contributed by atoms with Crippen molar-refractivity contribution in [1.29, 1.82) is 0 Å². The Bertz CT molecular complexity index is 731. The number of anilines is 2. The van der Waals surface area contributed by atoms with E-state index in [1.807, 2.05) is 25.7 Å². The summed E-state index contributed by atoms with van der Waals surface area (Å²) in [5.74, 6) is 0.726. The lowest BCUT2D eigenvalue weighted by Crippen LogP contribution is -2.49. The van der Waals surface area contributed by atoms with Gasteiger partial charge in [-0.05, 0) is 46.5 Å². The number of ether oxygens (including phenoxy) is 1. The van der Waals surface area contributed by atoms with Gasteiger partial charge in [0.25, 0.3) is 0 Å². The van der Waals surface area contributed by atoms with Crippen LogP contribution in [0.15, 0.2) is 6.20 Å². The number of nitro groups is 1. The van der Waals surface area contributed by atoms with Gasteiger partial charge in [-0.3, -0.25) is 10.1 Å². The SMILES string of the molecule is CC(C)(C)OC(=O)NC1CCCN(c2c([N+](=O)[O-])cnc3c2CCCN3)C1. The summed E-state index contributed by atoms with van der Waals surface area (Å²) >= 11 is 0. The first-order chi connectivity index (χ1) is 12.7. The highest BCUT2D eigenvalue weighted by Crippen LogP contribution is 2.38. The van der Waals surface area contributed by atoms with E-state index in [9.17, 15) is 14.9 Å². The standard InChI is InChI=1S/C18H27N5O4/c1-18(2,3)27-17(24)21-12-6-5-9-22(11-12)15-13-7-4-8-19-16(13)20-10-14(15)23(25)26/h10,12H,4-9,11H2,1-3H3,(H,19,20)(H,21,24). The first-order valence-electron chi connectivity index (χ1n) is 9.39. The fraction of sp³-hybridized carbons (Fsp3) is 0.667. The van der Waals surface area contributed by atoms with Crippen molar-refractivity contribution in [2.75, 3.05) is 29.9 Å². The predicted molar refractivity (Wildman–Crippen MR) is 102 cm³/mol. The van der Waals surface area contributed by atoms with Gasteiger partial charge >= 0.3 is 11.8 Å². The molecule has 1 amide bonds. The Morgan fingerprint density at radius 1 is 1.44 bits per heavy atom. The number of hydrogen-bond donors (Lipinski definition) is 2. The molecule has 0 aliphatic carbocycles. The number of hydrogen-bond acceptors (Lipinski definition) is 7. The molecule has 0 bridgehead atoms. The Morgan fingerprint density at radius 2 is 2.22 bits per heavy atom. The molecule has 0 aromatic carbocycles. The van der Waals surface area contributed by atoms with Crippen molar-refractivity contribution < 1.29 is 14.5 Å². The van der Waals surface area contributed by atoms with Crippen LogP contribution >= 0.6 is 0 Å². The maximum Gasteiger partial charge on any atom is 0.407 e. The second-order valence-electron chi connectivity index (χ2n) is 8.04. The van der Waals surface area contributed by atoms with E-state index in [1.165, 1.54) is 6.20 Å². The number of carbonyl (C=O) groups excluding carboxylic acids is 1. The van der Waals surface area contributed by atoms with Crippen LogP contribution in [0.3, 0.4) is 0 Å². The normalized spacial score (nSPS) is 19.7. The Hall–Kier alpha value is -2.58. The largest absolute Gasteiger partial charge is 0.444 e. The topological polar surface area (TPSA) is 110 Å². The van der Waals surface area contributed by atoms with E-state index >= 15 is 0 Å². The summed E-state index contributed by atoms with van der Waals surface area (Å²) in [5, 5.41) is 17.7. The van der Waals surface area contributed by atoms with Crippen molar-refractivity contribution in [3.05, 3.63) is 21.9 Å². The lowest BCUT2D eigenvalue weighted by Gasteiger charge is -2.36. The van der Waals surface area contributed by atoms with Gasteiger partial charge in [-0.25, -0.2) is 9.78 Å². The Kier molecular flexibility index (Phi) is 5.38. The van der Waals surface area contributed by atoms with Crippen LogP contribution in [-0.4, -0.2) is 47.3 Å². The molecule has 3 heterocycles. The van der Waals surface area contributed by atoms with Crippen LogP contribution in [0.2, 0.25) is 0 Å². The fourth-order valence-electron chi connectivity index (χ4n) is 3.65. The molecule has 2 N–H and O–H groups in total. The van der Waals surface area contributed by atoms with E-state index in [2.05, 4.69) is 15.6 Å². The quantitative estimate of drug-likeness (QED) is 0.615. The molecular formula is C18H27N5O4. The summed E-state index contributed by atoms with van der Waals surface area (Å²) in [7, 11) is 0. The van der Waals surface area contributed by atoms with Gasteiger partial charge in [0, 0.05) is 31.2 Å². The second kappa shape index (κ2) is 7.58. The third kappa shape index (κ3) is 4.58. The Morgan fingerprint density at radius 3 is 2.93 bits per heavy atom. The minimum atomic E-state index is -0.562. The van der Waals surface area contributed by atoms with Crippen LogP contribution in [0.25, 0.3) is 0 Å². The third-order valence-electron chi connectivity index (χ3n) is 4.68. The molecular weight excluding hydrogens is 350 g/mol. The molecule has 0 saturated carbocycles. The maximum atomic E-state index is 12.1. The van der Waals surface area contributed by atoms with Gasteiger partial charge in [0.15, 0.2) is 0 Å². The molecule has 2 aliphatic heterocycles. The van der Waals surface area contributed by atoms with Gasteiger partial charge in [-0.2, -0.15) is 0 Å². The van der Waals surface area contributed by atoms with Crippen molar-refractivity contribution in [3.63, 3.8) is 0 Å². The van der Waals surface area contributed by atoms with Crippen LogP contribution in [0, 0.1) is 10.1 Å². The molecule has 9 nitrogen and oxygen atoms in total. The van der Waals surface area contributed by atoms with Crippen LogP contribution < -0.4 is 15.5 Å². The molecule has 1 saturated heterocycles. The number of nitrogens with zero attached hydrogens (tertiary/aromatic N) is 3. The number of amides is 1. The first kappa shape index (κ1) is 19.2. The molecule has 0 radical (unpaired) electrons. The summed E-state index contributed by atoms with van der Waals surface area (Å²) in [6.07, 6.45) is 4.19. The molecule has 1 unspecified atom stereocenters. The van der Waals surface area contributed by atoms with Crippen molar-refractivity contribution in [2.45, 2.75) is 58.1 Å².